The van der Waals surface area contributed by atoms with Gasteiger partial charge in [-0.3, -0.25) is 4.90 Å². The van der Waals surface area contributed by atoms with Gasteiger partial charge in [-0.25, -0.2) is 4.39 Å². The maximum Gasteiger partial charge on any atom is 0.129 e. The monoisotopic (exact) mass is 305 g/mol. The van der Waals surface area contributed by atoms with Gasteiger partial charge in [-0.1, -0.05) is 33.6 Å². The summed E-state index contributed by atoms with van der Waals surface area (Å²) in [5.41, 5.74) is 0.734. The fraction of sp³-hybridized carbons (Fsp3) is 0.500. The molecule has 1 aromatic rings. The summed E-state index contributed by atoms with van der Waals surface area (Å²) in [4.78, 5) is 2.32. The number of halogens is 3. The molecule has 1 saturated carbocycles. The van der Waals surface area contributed by atoms with Crippen molar-refractivity contribution in [2.24, 2.45) is 0 Å². The predicted molar refractivity (Wildman–Crippen MR) is 68.6 cm³/mol. The standard InChI is InChI=1S/C12H14BrClFN/c13-5-6-16(11-3-4-11)8-9-1-2-10(14)7-12(9)15/h1-2,7,11H,3-6,8H2. The summed E-state index contributed by atoms with van der Waals surface area (Å²) in [7, 11) is 0. The molecule has 16 heavy (non-hydrogen) atoms. The normalized spacial score (nSPS) is 15.8. The Morgan fingerprint density at radius 2 is 2.19 bits per heavy atom. The van der Waals surface area contributed by atoms with Gasteiger partial charge in [-0.05, 0) is 25.0 Å². The van der Waals surface area contributed by atoms with Crippen LogP contribution in [0.4, 0.5) is 4.39 Å². The maximum atomic E-state index is 13.6. The van der Waals surface area contributed by atoms with Crippen molar-refractivity contribution >= 4 is 27.5 Å². The topological polar surface area (TPSA) is 3.24 Å². The quantitative estimate of drug-likeness (QED) is 0.747. The largest absolute Gasteiger partial charge is 0.295 e. The van der Waals surface area contributed by atoms with E-state index in [4.69, 9.17) is 11.6 Å². The van der Waals surface area contributed by atoms with Crippen LogP contribution in [0.2, 0.25) is 5.02 Å². The molecule has 0 N–H and O–H groups in total. The summed E-state index contributed by atoms with van der Waals surface area (Å²) < 4.78 is 13.6. The minimum atomic E-state index is -0.201. The number of alkyl halides is 1. The molecular weight excluding hydrogens is 292 g/mol. The van der Waals surface area contributed by atoms with E-state index in [1.54, 1.807) is 12.1 Å². The van der Waals surface area contributed by atoms with Crippen LogP contribution in [0.1, 0.15) is 18.4 Å². The molecule has 1 aromatic carbocycles. The van der Waals surface area contributed by atoms with Gasteiger partial charge in [0.2, 0.25) is 0 Å². The highest BCUT2D eigenvalue weighted by molar-refractivity contribution is 9.09. The Bertz CT molecular complexity index is 368. The molecule has 0 bridgehead atoms. The summed E-state index contributed by atoms with van der Waals surface area (Å²) in [5.74, 6) is -0.201. The molecule has 0 unspecified atom stereocenters. The van der Waals surface area contributed by atoms with Gasteiger partial charge in [0.05, 0.1) is 0 Å². The van der Waals surface area contributed by atoms with Crippen LogP contribution in [-0.2, 0) is 6.54 Å². The van der Waals surface area contributed by atoms with Crippen molar-refractivity contribution in [3.8, 4) is 0 Å². The summed E-state index contributed by atoms with van der Waals surface area (Å²) in [6.07, 6.45) is 2.48. The number of benzene rings is 1. The van der Waals surface area contributed by atoms with Gasteiger partial charge in [-0.15, -0.1) is 0 Å². The summed E-state index contributed by atoms with van der Waals surface area (Å²) in [6, 6.07) is 5.56. The fourth-order valence-electron chi connectivity index (χ4n) is 1.81. The Kier molecular flexibility index (Phi) is 4.22. The minimum absolute atomic E-state index is 0.201. The van der Waals surface area contributed by atoms with Crippen LogP contribution in [0.15, 0.2) is 18.2 Å². The summed E-state index contributed by atoms with van der Waals surface area (Å²) in [6.45, 7) is 1.64. The molecular formula is C12H14BrClFN. The zero-order valence-corrected chi connectivity index (χ0v) is 11.3. The molecule has 0 atom stereocenters. The van der Waals surface area contributed by atoms with Crippen LogP contribution in [0.3, 0.4) is 0 Å². The first-order valence-electron chi connectivity index (χ1n) is 5.44. The molecule has 88 valence electrons. The molecule has 0 aromatic heterocycles. The van der Waals surface area contributed by atoms with Crippen LogP contribution in [0.5, 0.6) is 0 Å². The van der Waals surface area contributed by atoms with Crippen molar-refractivity contribution in [3.05, 3.63) is 34.6 Å². The van der Waals surface area contributed by atoms with E-state index in [1.807, 2.05) is 0 Å². The van der Waals surface area contributed by atoms with E-state index < -0.39 is 0 Å². The third-order valence-electron chi connectivity index (χ3n) is 2.82. The van der Waals surface area contributed by atoms with E-state index >= 15 is 0 Å². The Morgan fingerprint density at radius 3 is 2.75 bits per heavy atom. The highest BCUT2D eigenvalue weighted by Crippen LogP contribution is 2.29. The Balaban J connectivity index is 2.05. The van der Waals surface area contributed by atoms with Crippen LogP contribution < -0.4 is 0 Å². The number of nitrogens with zero attached hydrogens (tertiary/aromatic N) is 1. The first kappa shape index (κ1) is 12.3. The highest BCUT2D eigenvalue weighted by Gasteiger charge is 2.28. The van der Waals surface area contributed by atoms with Crippen molar-refractivity contribution in [1.29, 1.82) is 0 Å². The fourth-order valence-corrected chi connectivity index (χ4v) is 2.42. The maximum absolute atomic E-state index is 13.6. The summed E-state index contributed by atoms with van der Waals surface area (Å²) in [5, 5.41) is 1.39. The molecule has 0 heterocycles. The van der Waals surface area contributed by atoms with Crippen molar-refractivity contribution in [3.63, 3.8) is 0 Å². The molecule has 0 aliphatic heterocycles. The molecule has 2 rings (SSSR count). The lowest BCUT2D eigenvalue weighted by Gasteiger charge is -2.21. The third-order valence-corrected chi connectivity index (χ3v) is 3.41. The minimum Gasteiger partial charge on any atom is -0.295 e. The Morgan fingerprint density at radius 1 is 1.44 bits per heavy atom. The lowest BCUT2D eigenvalue weighted by Crippen LogP contribution is -2.27. The Labute approximate surface area is 109 Å². The first-order valence-corrected chi connectivity index (χ1v) is 6.94. The molecule has 1 aliphatic carbocycles. The van der Waals surface area contributed by atoms with E-state index in [-0.39, 0.29) is 5.82 Å². The molecule has 4 heteroatoms. The van der Waals surface area contributed by atoms with E-state index in [2.05, 4.69) is 20.8 Å². The highest BCUT2D eigenvalue weighted by atomic mass is 79.9. The molecule has 1 fully saturated rings. The lowest BCUT2D eigenvalue weighted by molar-refractivity contribution is 0.268. The molecule has 1 nitrogen and oxygen atoms in total. The summed E-state index contributed by atoms with van der Waals surface area (Å²) >= 11 is 9.16. The molecule has 0 saturated heterocycles. The van der Waals surface area contributed by atoms with Crippen LogP contribution in [-0.4, -0.2) is 22.8 Å². The number of hydrogen-bond donors (Lipinski definition) is 0. The van der Waals surface area contributed by atoms with Gasteiger partial charge in [0.15, 0.2) is 0 Å². The van der Waals surface area contributed by atoms with E-state index in [0.717, 1.165) is 17.4 Å². The predicted octanol–water partition coefficient (Wildman–Crippen LogP) is 3.84. The second kappa shape index (κ2) is 5.48. The van der Waals surface area contributed by atoms with Crippen LogP contribution in [0, 0.1) is 5.82 Å². The van der Waals surface area contributed by atoms with Gasteiger partial charge < -0.3 is 0 Å². The van der Waals surface area contributed by atoms with E-state index in [0.29, 0.717) is 17.6 Å². The smallest absolute Gasteiger partial charge is 0.129 e. The third kappa shape index (κ3) is 3.19. The lowest BCUT2D eigenvalue weighted by atomic mass is 10.2. The second-order valence-electron chi connectivity index (χ2n) is 4.13. The van der Waals surface area contributed by atoms with Crippen molar-refractivity contribution in [1.82, 2.24) is 4.90 Å². The zero-order chi connectivity index (χ0) is 11.5. The molecule has 1 aliphatic rings. The van der Waals surface area contributed by atoms with Crippen LogP contribution >= 0.6 is 27.5 Å². The average Bonchev–Trinajstić information content (AvgIpc) is 3.04. The number of rotatable bonds is 5. The zero-order valence-electron chi connectivity index (χ0n) is 8.93. The van der Waals surface area contributed by atoms with Crippen LogP contribution in [0.25, 0.3) is 0 Å². The first-order chi connectivity index (χ1) is 7.70. The van der Waals surface area contributed by atoms with Crippen molar-refractivity contribution in [2.75, 3.05) is 11.9 Å². The van der Waals surface area contributed by atoms with Gasteiger partial charge in [0.25, 0.3) is 0 Å². The number of hydrogen-bond acceptors (Lipinski definition) is 1. The van der Waals surface area contributed by atoms with E-state index in [9.17, 15) is 4.39 Å². The van der Waals surface area contributed by atoms with Gasteiger partial charge in [0.1, 0.15) is 5.82 Å². The van der Waals surface area contributed by atoms with Gasteiger partial charge >= 0.3 is 0 Å². The van der Waals surface area contributed by atoms with Crippen molar-refractivity contribution < 1.29 is 4.39 Å². The van der Waals surface area contributed by atoms with E-state index in [1.165, 1.54) is 18.9 Å². The molecule has 0 spiro atoms. The second-order valence-corrected chi connectivity index (χ2v) is 5.36. The van der Waals surface area contributed by atoms with Gasteiger partial charge in [-0.2, -0.15) is 0 Å². The average molecular weight is 307 g/mol. The molecule has 0 radical (unpaired) electrons. The Hall–Kier alpha value is -0.120. The molecule has 0 amide bonds. The van der Waals surface area contributed by atoms with Gasteiger partial charge in [0, 0.05) is 35.0 Å². The van der Waals surface area contributed by atoms with Crippen molar-refractivity contribution in [2.45, 2.75) is 25.4 Å². The SMILES string of the molecule is Fc1cc(Cl)ccc1CN(CCBr)C1CC1.